The summed E-state index contributed by atoms with van der Waals surface area (Å²) in [4.78, 5) is 26.1. The largest absolute Gasteiger partial charge is 0.495 e. The molecule has 1 amide bonds. The van der Waals surface area contributed by atoms with Gasteiger partial charge in [0.15, 0.2) is 10.4 Å². The maximum Gasteiger partial charge on any atom is 0.407 e. The average Bonchev–Trinajstić information content (AvgIpc) is 3.19. The Bertz CT molecular complexity index is 1310. The first-order chi connectivity index (χ1) is 17.8. The van der Waals surface area contributed by atoms with Crippen LogP contribution in [0.2, 0.25) is 0 Å². The van der Waals surface area contributed by atoms with Crippen LogP contribution in [-0.4, -0.2) is 78.8 Å². The third-order valence-electron chi connectivity index (χ3n) is 6.32. The number of amides is 1. The molecule has 0 aromatic carbocycles. The van der Waals surface area contributed by atoms with Gasteiger partial charge < -0.3 is 30.9 Å². The van der Waals surface area contributed by atoms with Gasteiger partial charge in [0.25, 0.3) is 0 Å². The summed E-state index contributed by atoms with van der Waals surface area (Å²) < 4.78 is 7.94. The molecular formula is C24H31BrN8O4. The van der Waals surface area contributed by atoms with E-state index in [9.17, 15) is 15.0 Å². The molecule has 13 heteroatoms. The zero-order valence-corrected chi connectivity index (χ0v) is 22.4. The summed E-state index contributed by atoms with van der Waals surface area (Å²) in [6.45, 7) is 3.22. The summed E-state index contributed by atoms with van der Waals surface area (Å²) in [6.07, 6.45) is 5.74. The van der Waals surface area contributed by atoms with Crippen molar-refractivity contribution in [3.8, 4) is 5.75 Å². The molecule has 3 aromatic rings. The molecule has 3 aromatic heterocycles. The fourth-order valence-electron chi connectivity index (χ4n) is 4.46. The van der Waals surface area contributed by atoms with E-state index in [1.165, 1.54) is 4.90 Å². The number of carbonyl (C=O) groups is 1. The predicted molar refractivity (Wildman–Crippen MR) is 144 cm³/mol. The Labute approximate surface area is 222 Å². The van der Waals surface area contributed by atoms with Gasteiger partial charge in [-0.3, -0.25) is 9.67 Å². The van der Waals surface area contributed by atoms with Crippen molar-refractivity contribution in [1.82, 2.24) is 29.6 Å². The number of aromatic nitrogens is 5. The van der Waals surface area contributed by atoms with Crippen molar-refractivity contribution in [3.05, 3.63) is 34.2 Å². The molecule has 0 saturated carbocycles. The van der Waals surface area contributed by atoms with E-state index >= 15 is 0 Å². The summed E-state index contributed by atoms with van der Waals surface area (Å²) in [5, 5.41) is 26.7. The van der Waals surface area contributed by atoms with Gasteiger partial charge >= 0.3 is 6.09 Å². The first kappa shape index (κ1) is 26.6. The topological polar surface area (TPSA) is 165 Å². The normalized spacial score (nSPS) is 14.5. The van der Waals surface area contributed by atoms with E-state index in [2.05, 4.69) is 48.2 Å². The van der Waals surface area contributed by atoms with E-state index in [0.29, 0.717) is 58.8 Å². The highest BCUT2D eigenvalue weighted by atomic mass is 79.9. The monoisotopic (exact) mass is 574 g/mol. The number of pyridine rings is 1. The van der Waals surface area contributed by atoms with E-state index < -0.39 is 6.09 Å². The lowest BCUT2D eigenvalue weighted by atomic mass is 10.0. The maximum atomic E-state index is 11.2. The zero-order valence-electron chi connectivity index (χ0n) is 20.8. The Morgan fingerprint density at radius 2 is 2.16 bits per heavy atom. The number of nitrogens with zero attached hydrogens (tertiary/aromatic N) is 6. The number of anilines is 2. The number of nitrogen functional groups attached to an aromatic ring is 1. The van der Waals surface area contributed by atoms with Crippen molar-refractivity contribution in [1.29, 1.82) is 0 Å². The van der Waals surface area contributed by atoms with Crippen LogP contribution < -0.4 is 15.8 Å². The lowest BCUT2D eigenvalue weighted by Gasteiger charge is -2.24. The zero-order chi connectivity index (χ0) is 26.5. The molecule has 0 spiro atoms. The van der Waals surface area contributed by atoms with Gasteiger partial charge in [0.05, 0.1) is 13.7 Å². The van der Waals surface area contributed by atoms with Crippen molar-refractivity contribution in [3.63, 3.8) is 0 Å². The Kier molecular flexibility index (Phi) is 8.44. The van der Waals surface area contributed by atoms with Crippen LogP contribution in [0.4, 0.5) is 16.6 Å². The Morgan fingerprint density at radius 1 is 1.35 bits per heavy atom. The third kappa shape index (κ3) is 5.93. The number of aliphatic hydroxyl groups is 1. The van der Waals surface area contributed by atoms with Gasteiger partial charge in [-0.05, 0) is 52.4 Å². The van der Waals surface area contributed by atoms with Crippen molar-refractivity contribution in [2.24, 2.45) is 0 Å². The molecule has 0 radical (unpaired) electrons. The van der Waals surface area contributed by atoms with Crippen LogP contribution in [0.25, 0.3) is 16.6 Å². The lowest BCUT2D eigenvalue weighted by Crippen LogP contribution is -2.33. The van der Waals surface area contributed by atoms with Crippen molar-refractivity contribution < 1.29 is 19.7 Å². The second-order valence-corrected chi connectivity index (χ2v) is 9.55. The quantitative estimate of drug-likeness (QED) is 0.282. The SMILES string of the molecule is CCCC(CCO)Nc1nc(N)nc2c(Br)nn(Cc3ncc(C4=CCN(C(=O)O)CC4)cc3OC)c12. The fraction of sp³-hybridized carbons (Fsp3) is 0.458. The van der Waals surface area contributed by atoms with Crippen LogP contribution >= 0.6 is 15.9 Å². The summed E-state index contributed by atoms with van der Waals surface area (Å²) in [7, 11) is 1.59. The number of hydrogen-bond donors (Lipinski definition) is 4. The smallest absolute Gasteiger partial charge is 0.407 e. The molecule has 4 heterocycles. The second kappa shape index (κ2) is 11.7. The molecule has 1 atom stereocenters. The third-order valence-corrected chi connectivity index (χ3v) is 6.85. The molecule has 5 N–H and O–H groups in total. The molecule has 0 aliphatic carbocycles. The molecule has 1 aliphatic rings. The van der Waals surface area contributed by atoms with E-state index in [1.54, 1.807) is 18.0 Å². The van der Waals surface area contributed by atoms with Crippen molar-refractivity contribution >= 4 is 50.4 Å². The minimum absolute atomic E-state index is 0.0161. The van der Waals surface area contributed by atoms with Gasteiger partial charge in [-0.25, -0.2) is 9.78 Å². The second-order valence-electron chi connectivity index (χ2n) is 8.80. The first-order valence-corrected chi connectivity index (χ1v) is 12.9. The van der Waals surface area contributed by atoms with Gasteiger partial charge in [0, 0.05) is 31.9 Å². The summed E-state index contributed by atoms with van der Waals surface area (Å²) in [6, 6.07) is 1.93. The Balaban J connectivity index is 1.67. The summed E-state index contributed by atoms with van der Waals surface area (Å²) in [5.74, 6) is 1.25. The molecule has 4 rings (SSSR count). The van der Waals surface area contributed by atoms with Crippen LogP contribution in [-0.2, 0) is 6.54 Å². The highest BCUT2D eigenvalue weighted by molar-refractivity contribution is 9.10. The molecule has 37 heavy (non-hydrogen) atoms. The number of hydrogen-bond acceptors (Lipinski definition) is 9. The molecule has 1 aliphatic heterocycles. The average molecular weight is 575 g/mol. The minimum atomic E-state index is -0.920. The van der Waals surface area contributed by atoms with Crippen LogP contribution in [0.15, 0.2) is 22.9 Å². The number of ether oxygens (including phenoxy) is 1. The standard InChI is InChI=1S/C24H31BrN8O4/c1-3-4-16(7-10-34)28-22-20-19(29-23(26)30-22)21(25)31-33(20)13-17-18(37-2)11-15(12-27-17)14-5-8-32(9-6-14)24(35)36/h5,11-12,16,34H,3-4,6-10,13H2,1-2H3,(H,35,36)(H3,26,28,29,30). The van der Waals surface area contributed by atoms with Crippen LogP contribution in [0.5, 0.6) is 5.75 Å². The predicted octanol–water partition coefficient (Wildman–Crippen LogP) is 3.35. The number of rotatable bonds is 10. The molecule has 0 saturated heterocycles. The molecule has 1 unspecified atom stereocenters. The van der Waals surface area contributed by atoms with Gasteiger partial charge in [0.2, 0.25) is 5.95 Å². The molecule has 198 valence electrons. The Morgan fingerprint density at radius 3 is 2.81 bits per heavy atom. The first-order valence-electron chi connectivity index (χ1n) is 12.1. The molecule has 12 nitrogen and oxygen atoms in total. The van der Waals surface area contributed by atoms with Crippen molar-refractivity contribution in [2.45, 2.75) is 45.2 Å². The van der Waals surface area contributed by atoms with E-state index in [-0.39, 0.29) is 25.1 Å². The molecular weight excluding hydrogens is 544 g/mol. The van der Waals surface area contributed by atoms with E-state index in [0.717, 1.165) is 24.0 Å². The minimum Gasteiger partial charge on any atom is -0.495 e. The number of aliphatic hydroxyl groups excluding tert-OH is 1. The number of nitrogens with one attached hydrogen (secondary N) is 1. The number of methoxy groups -OCH3 is 1. The Hall–Kier alpha value is -3.45. The van der Waals surface area contributed by atoms with Crippen LogP contribution in [0.1, 0.15) is 43.9 Å². The fourth-order valence-corrected chi connectivity index (χ4v) is 4.92. The number of nitrogens with two attached hydrogens (primary N) is 1. The lowest BCUT2D eigenvalue weighted by molar-refractivity contribution is 0.150. The van der Waals surface area contributed by atoms with Crippen LogP contribution in [0.3, 0.4) is 0 Å². The van der Waals surface area contributed by atoms with Crippen molar-refractivity contribution in [2.75, 3.05) is 37.9 Å². The highest BCUT2D eigenvalue weighted by Crippen LogP contribution is 2.31. The van der Waals surface area contributed by atoms with Gasteiger partial charge in [-0.2, -0.15) is 10.1 Å². The van der Waals surface area contributed by atoms with E-state index in [1.807, 2.05) is 12.1 Å². The maximum absolute atomic E-state index is 11.2. The summed E-state index contributed by atoms with van der Waals surface area (Å²) >= 11 is 3.49. The van der Waals surface area contributed by atoms with Gasteiger partial charge in [-0.1, -0.05) is 19.4 Å². The highest BCUT2D eigenvalue weighted by Gasteiger charge is 2.22. The van der Waals surface area contributed by atoms with Gasteiger partial charge in [-0.15, -0.1) is 0 Å². The van der Waals surface area contributed by atoms with E-state index in [4.69, 9.17) is 10.5 Å². The van der Waals surface area contributed by atoms with Gasteiger partial charge in [0.1, 0.15) is 22.5 Å². The number of halogens is 1. The number of fused-ring (bicyclic) bond motifs is 1. The van der Waals surface area contributed by atoms with Crippen LogP contribution in [0, 0.1) is 0 Å². The number of carboxylic acid groups (broad SMARTS) is 1. The molecule has 0 bridgehead atoms. The summed E-state index contributed by atoms with van der Waals surface area (Å²) in [5.41, 5.74) is 9.81. The molecule has 0 fully saturated rings.